The first kappa shape index (κ1) is 15.3. The maximum atomic E-state index is 10.9. The molecule has 3 atom stereocenters. The number of fused-ring (bicyclic) bond motifs is 2. The SMILES string of the molecule is CC1(C)C2CCC(CN(CC(=O)O)CC(=O)O)[C@@H]1CC2. The molecule has 2 unspecified atom stereocenters. The van der Waals surface area contributed by atoms with Gasteiger partial charge in [-0.15, -0.1) is 0 Å². The maximum Gasteiger partial charge on any atom is 0.317 e. The highest BCUT2D eigenvalue weighted by Crippen LogP contribution is 2.57. The minimum Gasteiger partial charge on any atom is -0.480 e. The smallest absolute Gasteiger partial charge is 0.317 e. The van der Waals surface area contributed by atoms with E-state index in [1.165, 1.54) is 19.3 Å². The van der Waals surface area contributed by atoms with Gasteiger partial charge in [0.1, 0.15) is 0 Å². The first-order valence-electron chi connectivity index (χ1n) is 7.46. The first-order valence-corrected chi connectivity index (χ1v) is 7.46. The molecule has 2 N–H and O–H groups in total. The molecule has 0 aromatic rings. The Bertz CT molecular complexity index is 377. The summed E-state index contributed by atoms with van der Waals surface area (Å²) >= 11 is 0. The second-order valence-electron chi connectivity index (χ2n) is 7.00. The lowest BCUT2D eigenvalue weighted by atomic mass is 9.63. The topological polar surface area (TPSA) is 77.8 Å². The molecule has 0 aromatic heterocycles. The van der Waals surface area contributed by atoms with E-state index in [-0.39, 0.29) is 13.1 Å². The fourth-order valence-electron chi connectivity index (χ4n) is 4.52. The number of nitrogens with zero attached hydrogens (tertiary/aromatic N) is 1. The quantitative estimate of drug-likeness (QED) is 0.778. The fraction of sp³-hybridized carbons (Fsp3) is 0.867. The normalized spacial score (nSPS) is 31.4. The van der Waals surface area contributed by atoms with Crippen molar-refractivity contribution in [1.29, 1.82) is 0 Å². The maximum absolute atomic E-state index is 10.9. The van der Waals surface area contributed by atoms with Crippen molar-refractivity contribution in [3.05, 3.63) is 0 Å². The number of carbonyl (C=O) groups is 2. The molecule has 2 bridgehead atoms. The van der Waals surface area contributed by atoms with E-state index in [0.717, 1.165) is 12.3 Å². The second-order valence-corrected chi connectivity index (χ2v) is 7.00. The van der Waals surface area contributed by atoms with Gasteiger partial charge in [-0.1, -0.05) is 13.8 Å². The molecule has 5 heteroatoms. The molecule has 2 saturated carbocycles. The lowest BCUT2D eigenvalue weighted by Crippen LogP contribution is -2.44. The monoisotopic (exact) mass is 283 g/mol. The third-order valence-electron chi connectivity index (χ3n) is 5.50. The lowest BCUT2D eigenvalue weighted by Gasteiger charge is -2.44. The molecule has 114 valence electrons. The molecule has 5 nitrogen and oxygen atoms in total. The van der Waals surface area contributed by atoms with Gasteiger partial charge in [0.05, 0.1) is 13.1 Å². The number of carboxylic acid groups (broad SMARTS) is 2. The van der Waals surface area contributed by atoms with Crippen LogP contribution in [-0.4, -0.2) is 46.7 Å². The van der Waals surface area contributed by atoms with Crippen LogP contribution in [0.15, 0.2) is 0 Å². The van der Waals surface area contributed by atoms with Crippen LogP contribution in [0.5, 0.6) is 0 Å². The Labute approximate surface area is 120 Å². The molecule has 2 aliphatic rings. The van der Waals surface area contributed by atoms with E-state index in [1.54, 1.807) is 4.90 Å². The van der Waals surface area contributed by atoms with Crippen LogP contribution in [0.3, 0.4) is 0 Å². The standard InChI is InChI=1S/C15H25NO4/c1-15(2)11-4-3-10(12(15)6-5-11)7-16(8-13(17)18)9-14(19)20/h10-12H,3-9H2,1-2H3,(H,17,18)(H,19,20)/t10?,11?,12-/m0/s1. The van der Waals surface area contributed by atoms with Crippen molar-refractivity contribution < 1.29 is 19.8 Å². The van der Waals surface area contributed by atoms with Crippen molar-refractivity contribution in [2.24, 2.45) is 23.2 Å². The van der Waals surface area contributed by atoms with Crippen molar-refractivity contribution >= 4 is 11.9 Å². The number of carboxylic acids is 2. The third-order valence-corrected chi connectivity index (χ3v) is 5.50. The van der Waals surface area contributed by atoms with Crippen LogP contribution >= 0.6 is 0 Å². The molecule has 2 aliphatic carbocycles. The highest BCUT2D eigenvalue weighted by molar-refractivity contribution is 5.72. The molecule has 0 spiro atoms. The van der Waals surface area contributed by atoms with Gasteiger partial charge >= 0.3 is 11.9 Å². The molecule has 0 saturated heterocycles. The van der Waals surface area contributed by atoms with Gasteiger partial charge in [0.2, 0.25) is 0 Å². The molecule has 0 aliphatic heterocycles. The predicted molar refractivity (Wildman–Crippen MR) is 74.4 cm³/mol. The van der Waals surface area contributed by atoms with Gasteiger partial charge in [-0.3, -0.25) is 14.5 Å². The Balaban J connectivity index is 2.02. The summed E-state index contributed by atoms with van der Waals surface area (Å²) in [6.07, 6.45) is 4.78. The zero-order valence-electron chi connectivity index (χ0n) is 12.3. The zero-order chi connectivity index (χ0) is 14.9. The Kier molecular flexibility index (Phi) is 4.37. The zero-order valence-corrected chi connectivity index (χ0v) is 12.3. The summed E-state index contributed by atoms with van der Waals surface area (Å²) in [6.45, 7) is 4.87. The molecule has 0 heterocycles. The number of hydrogen-bond acceptors (Lipinski definition) is 3. The van der Waals surface area contributed by atoms with Gasteiger partial charge in [0.15, 0.2) is 0 Å². The average Bonchev–Trinajstić information content (AvgIpc) is 2.46. The Morgan fingerprint density at radius 2 is 1.60 bits per heavy atom. The molecular formula is C15H25NO4. The molecule has 2 fully saturated rings. The Morgan fingerprint density at radius 3 is 2.15 bits per heavy atom. The summed E-state index contributed by atoms with van der Waals surface area (Å²) in [5, 5.41) is 17.9. The van der Waals surface area contributed by atoms with Gasteiger partial charge in [0.25, 0.3) is 0 Å². The van der Waals surface area contributed by atoms with Gasteiger partial charge < -0.3 is 10.2 Å². The van der Waals surface area contributed by atoms with E-state index in [4.69, 9.17) is 10.2 Å². The van der Waals surface area contributed by atoms with Crippen molar-refractivity contribution in [3.8, 4) is 0 Å². The van der Waals surface area contributed by atoms with E-state index >= 15 is 0 Å². The van der Waals surface area contributed by atoms with Crippen LogP contribution in [0, 0.1) is 23.2 Å². The van der Waals surface area contributed by atoms with E-state index in [0.29, 0.717) is 23.8 Å². The molecule has 0 radical (unpaired) electrons. The summed E-state index contributed by atoms with van der Waals surface area (Å²) in [4.78, 5) is 23.3. The average molecular weight is 283 g/mol. The minimum absolute atomic E-state index is 0.181. The van der Waals surface area contributed by atoms with Crippen molar-refractivity contribution in [1.82, 2.24) is 4.90 Å². The van der Waals surface area contributed by atoms with Crippen LogP contribution in [0.25, 0.3) is 0 Å². The largest absolute Gasteiger partial charge is 0.480 e. The molecule has 20 heavy (non-hydrogen) atoms. The molecular weight excluding hydrogens is 258 g/mol. The van der Waals surface area contributed by atoms with Crippen molar-refractivity contribution in [2.45, 2.75) is 39.5 Å². The molecule has 0 amide bonds. The Morgan fingerprint density at radius 1 is 1.05 bits per heavy atom. The summed E-state index contributed by atoms with van der Waals surface area (Å²) in [6, 6.07) is 0. The number of rotatable bonds is 6. The summed E-state index contributed by atoms with van der Waals surface area (Å²) in [7, 11) is 0. The highest BCUT2D eigenvalue weighted by atomic mass is 16.4. The van der Waals surface area contributed by atoms with Gasteiger partial charge in [-0.05, 0) is 48.9 Å². The van der Waals surface area contributed by atoms with Crippen LogP contribution in [-0.2, 0) is 9.59 Å². The van der Waals surface area contributed by atoms with E-state index in [2.05, 4.69) is 13.8 Å². The number of aliphatic carboxylic acids is 2. The van der Waals surface area contributed by atoms with E-state index < -0.39 is 11.9 Å². The first-order chi connectivity index (χ1) is 9.30. The summed E-state index contributed by atoms with van der Waals surface area (Å²) < 4.78 is 0. The van der Waals surface area contributed by atoms with E-state index in [1.807, 2.05) is 0 Å². The molecule has 2 rings (SSSR count). The molecule has 0 aromatic carbocycles. The number of hydrogen-bond donors (Lipinski definition) is 2. The van der Waals surface area contributed by atoms with Crippen molar-refractivity contribution in [3.63, 3.8) is 0 Å². The lowest BCUT2D eigenvalue weighted by molar-refractivity contribution is -0.142. The fourth-order valence-corrected chi connectivity index (χ4v) is 4.52. The van der Waals surface area contributed by atoms with Gasteiger partial charge in [-0.25, -0.2) is 0 Å². The summed E-state index contributed by atoms with van der Waals surface area (Å²) in [5.41, 5.74) is 0.320. The van der Waals surface area contributed by atoms with Gasteiger partial charge in [0, 0.05) is 6.54 Å². The van der Waals surface area contributed by atoms with Crippen LogP contribution in [0.2, 0.25) is 0 Å². The second kappa shape index (κ2) is 5.72. The third kappa shape index (κ3) is 3.14. The van der Waals surface area contributed by atoms with Crippen LogP contribution in [0.4, 0.5) is 0 Å². The van der Waals surface area contributed by atoms with Gasteiger partial charge in [-0.2, -0.15) is 0 Å². The highest BCUT2D eigenvalue weighted by Gasteiger charge is 2.49. The van der Waals surface area contributed by atoms with Crippen LogP contribution < -0.4 is 0 Å². The Hall–Kier alpha value is -1.10. The summed E-state index contributed by atoms with van der Waals surface area (Å²) in [5.74, 6) is -0.0822. The van der Waals surface area contributed by atoms with Crippen molar-refractivity contribution in [2.75, 3.05) is 19.6 Å². The van der Waals surface area contributed by atoms with Crippen LogP contribution in [0.1, 0.15) is 39.5 Å². The predicted octanol–water partition coefficient (Wildman–Crippen LogP) is 1.92. The van der Waals surface area contributed by atoms with E-state index in [9.17, 15) is 9.59 Å². The minimum atomic E-state index is -0.953.